The van der Waals surface area contributed by atoms with E-state index in [1.165, 1.54) is 6.92 Å². The number of carbonyl (C=O) groups is 1. The third-order valence-corrected chi connectivity index (χ3v) is 1.85. The maximum absolute atomic E-state index is 10.5. The van der Waals surface area contributed by atoms with Crippen LogP contribution in [0.1, 0.15) is 13.3 Å². The zero-order valence-electron chi connectivity index (χ0n) is 5.95. The summed E-state index contributed by atoms with van der Waals surface area (Å²) >= 11 is 5.47. The minimum atomic E-state index is -1.25. The van der Waals surface area contributed by atoms with E-state index >= 15 is 0 Å². The van der Waals surface area contributed by atoms with Crippen molar-refractivity contribution in [2.24, 2.45) is 5.16 Å². The SMILES string of the molecule is CC(O)C1(C=O)CC(Cl)=NO1. The molecule has 2 atom stereocenters. The van der Waals surface area contributed by atoms with E-state index in [9.17, 15) is 4.79 Å². The van der Waals surface area contributed by atoms with Gasteiger partial charge in [-0.3, -0.25) is 4.79 Å². The Bertz CT molecular complexity index is 204. The molecule has 0 aromatic carbocycles. The van der Waals surface area contributed by atoms with Gasteiger partial charge in [0.05, 0.1) is 6.42 Å². The molecule has 0 saturated heterocycles. The smallest absolute Gasteiger partial charge is 0.223 e. The highest BCUT2D eigenvalue weighted by Gasteiger charge is 2.43. The molecule has 5 heteroatoms. The van der Waals surface area contributed by atoms with Crippen LogP contribution in [0.2, 0.25) is 0 Å². The lowest BCUT2D eigenvalue weighted by atomic mass is 9.97. The Morgan fingerprint density at radius 1 is 2.00 bits per heavy atom. The molecule has 1 N–H and O–H groups in total. The molecule has 1 aliphatic heterocycles. The molecular weight excluding hydrogens is 170 g/mol. The predicted octanol–water partition coefficient (Wildman–Crippen LogP) is 0.278. The summed E-state index contributed by atoms with van der Waals surface area (Å²) in [5.41, 5.74) is -1.25. The van der Waals surface area contributed by atoms with Crippen molar-refractivity contribution in [2.75, 3.05) is 0 Å². The third-order valence-electron chi connectivity index (χ3n) is 1.64. The summed E-state index contributed by atoms with van der Waals surface area (Å²) in [5.74, 6) is 0. The summed E-state index contributed by atoms with van der Waals surface area (Å²) in [5, 5.41) is 12.7. The first-order valence-electron chi connectivity index (χ1n) is 3.15. The number of nitrogens with zero attached hydrogens (tertiary/aromatic N) is 1. The highest BCUT2D eigenvalue weighted by Crippen LogP contribution is 2.26. The average molecular weight is 178 g/mol. The van der Waals surface area contributed by atoms with Crippen LogP contribution in [0.3, 0.4) is 0 Å². The molecule has 0 bridgehead atoms. The van der Waals surface area contributed by atoms with Crippen LogP contribution in [0.15, 0.2) is 5.16 Å². The maximum Gasteiger partial charge on any atom is 0.223 e. The molecule has 1 rings (SSSR count). The molecule has 2 unspecified atom stereocenters. The van der Waals surface area contributed by atoms with E-state index in [0.717, 1.165) is 0 Å². The number of aliphatic hydroxyl groups excluding tert-OH is 1. The minimum absolute atomic E-state index is 0.149. The molecule has 0 saturated carbocycles. The topological polar surface area (TPSA) is 58.9 Å². The highest BCUT2D eigenvalue weighted by atomic mass is 35.5. The van der Waals surface area contributed by atoms with Crippen molar-refractivity contribution in [3.8, 4) is 0 Å². The Morgan fingerprint density at radius 3 is 2.82 bits per heavy atom. The van der Waals surface area contributed by atoms with Crippen LogP contribution in [-0.2, 0) is 9.63 Å². The lowest BCUT2D eigenvalue weighted by Gasteiger charge is -2.21. The van der Waals surface area contributed by atoms with Crippen molar-refractivity contribution in [3.05, 3.63) is 0 Å². The van der Waals surface area contributed by atoms with Gasteiger partial charge in [0.25, 0.3) is 0 Å². The van der Waals surface area contributed by atoms with Crippen molar-refractivity contribution in [2.45, 2.75) is 25.0 Å². The molecule has 1 aliphatic rings. The molecule has 0 aromatic rings. The van der Waals surface area contributed by atoms with Gasteiger partial charge in [0.1, 0.15) is 11.3 Å². The fourth-order valence-electron chi connectivity index (χ4n) is 0.813. The minimum Gasteiger partial charge on any atom is -0.389 e. The fourth-order valence-corrected chi connectivity index (χ4v) is 1.06. The number of aldehydes is 1. The molecule has 0 amide bonds. The van der Waals surface area contributed by atoms with Gasteiger partial charge in [-0.1, -0.05) is 16.8 Å². The quantitative estimate of drug-likeness (QED) is 0.617. The largest absolute Gasteiger partial charge is 0.389 e. The van der Waals surface area contributed by atoms with E-state index in [4.69, 9.17) is 21.5 Å². The number of hydrogen-bond donors (Lipinski definition) is 1. The van der Waals surface area contributed by atoms with Gasteiger partial charge in [-0.05, 0) is 6.92 Å². The van der Waals surface area contributed by atoms with Crippen LogP contribution in [-0.4, -0.2) is 28.3 Å². The van der Waals surface area contributed by atoms with Gasteiger partial charge in [0.2, 0.25) is 5.60 Å². The van der Waals surface area contributed by atoms with E-state index in [0.29, 0.717) is 6.29 Å². The van der Waals surface area contributed by atoms with Crippen LogP contribution in [0, 0.1) is 0 Å². The second-order valence-electron chi connectivity index (χ2n) is 2.48. The normalized spacial score (nSPS) is 32.5. The Balaban J connectivity index is 2.75. The van der Waals surface area contributed by atoms with Gasteiger partial charge < -0.3 is 9.94 Å². The second-order valence-corrected chi connectivity index (χ2v) is 2.92. The Morgan fingerprint density at radius 2 is 2.64 bits per heavy atom. The van der Waals surface area contributed by atoms with E-state index in [1.807, 2.05) is 0 Å². The van der Waals surface area contributed by atoms with Crippen LogP contribution in [0.4, 0.5) is 0 Å². The van der Waals surface area contributed by atoms with Gasteiger partial charge in [-0.25, -0.2) is 0 Å². The molecule has 0 aliphatic carbocycles. The van der Waals surface area contributed by atoms with Crippen molar-refractivity contribution in [1.82, 2.24) is 0 Å². The van der Waals surface area contributed by atoms with E-state index in [-0.39, 0.29) is 11.6 Å². The second kappa shape index (κ2) is 2.79. The number of halogens is 1. The highest BCUT2D eigenvalue weighted by molar-refractivity contribution is 6.65. The molecule has 0 radical (unpaired) electrons. The molecule has 0 spiro atoms. The molecule has 1 heterocycles. The van der Waals surface area contributed by atoms with Crippen LogP contribution in [0.25, 0.3) is 0 Å². The van der Waals surface area contributed by atoms with E-state index in [1.54, 1.807) is 0 Å². The number of rotatable bonds is 2. The summed E-state index contributed by atoms with van der Waals surface area (Å²) in [6.07, 6.45) is -0.230. The lowest BCUT2D eigenvalue weighted by Crippen LogP contribution is -2.42. The van der Waals surface area contributed by atoms with E-state index in [2.05, 4.69) is 5.16 Å². The molecule has 0 aromatic heterocycles. The molecular formula is C6H8ClNO3. The van der Waals surface area contributed by atoms with Crippen LogP contribution in [0.5, 0.6) is 0 Å². The predicted molar refractivity (Wildman–Crippen MR) is 39.5 cm³/mol. The van der Waals surface area contributed by atoms with Crippen molar-refractivity contribution < 1.29 is 14.7 Å². The first-order valence-corrected chi connectivity index (χ1v) is 3.53. The Labute approximate surface area is 68.8 Å². The van der Waals surface area contributed by atoms with E-state index < -0.39 is 11.7 Å². The third kappa shape index (κ3) is 1.36. The summed E-state index contributed by atoms with van der Waals surface area (Å²) in [6, 6.07) is 0. The van der Waals surface area contributed by atoms with Gasteiger partial charge in [-0.15, -0.1) is 0 Å². The summed E-state index contributed by atoms with van der Waals surface area (Å²) in [7, 11) is 0. The molecule has 4 nitrogen and oxygen atoms in total. The number of oxime groups is 1. The molecule has 62 valence electrons. The summed E-state index contributed by atoms with van der Waals surface area (Å²) < 4.78 is 0. The summed E-state index contributed by atoms with van der Waals surface area (Å²) in [6.45, 7) is 1.46. The molecule has 11 heavy (non-hydrogen) atoms. The van der Waals surface area contributed by atoms with Gasteiger partial charge in [0, 0.05) is 0 Å². The van der Waals surface area contributed by atoms with Gasteiger partial charge in [-0.2, -0.15) is 0 Å². The van der Waals surface area contributed by atoms with Crippen LogP contribution >= 0.6 is 11.6 Å². The van der Waals surface area contributed by atoms with Crippen molar-refractivity contribution in [1.29, 1.82) is 0 Å². The zero-order chi connectivity index (χ0) is 8.48. The lowest BCUT2D eigenvalue weighted by molar-refractivity contribution is -0.142. The van der Waals surface area contributed by atoms with Crippen LogP contribution < -0.4 is 0 Å². The average Bonchev–Trinajstić information content (AvgIpc) is 2.33. The zero-order valence-corrected chi connectivity index (χ0v) is 6.71. The monoisotopic (exact) mass is 177 g/mol. The van der Waals surface area contributed by atoms with Crippen molar-refractivity contribution in [3.63, 3.8) is 0 Å². The number of aliphatic hydroxyl groups is 1. The molecule has 0 fully saturated rings. The number of hydrogen-bond acceptors (Lipinski definition) is 4. The first-order chi connectivity index (χ1) is 5.10. The number of carbonyl (C=O) groups excluding carboxylic acids is 1. The van der Waals surface area contributed by atoms with Gasteiger partial charge >= 0.3 is 0 Å². The Kier molecular flexibility index (Phi) is 2.15. The Hall–Kier alpha value is -0.610. The fraction of sp³-hybridized carbons (Fsp3) is 0.667. The maximum atomic E-state index is 10.5. The van der Waals surface area contributed by atoms with Gasteiger partial charge in [0.15, 0.2) is 6.29 Å². The standard InChI is InChI=1S/C6H8ClNO3/c1-4(10)6(3-9)2-5(7)8-11-6/h3-4,10H,2H2,1H3. The van der Waals surface area contributed by atoms with Crippen molar-refractivity contribution >= 4 is 23.1 Å². The summed E-state index contributed by atoms with van der Waals surface area (Å²) in [4.78, 5) is 15.2. The first kappa shape index (κ1) is 8.49.